The number of benzene rings is 1. The van der Waals surface area contributed by atoms with Crippen LogP contribution in [0.25, 0.3) is 0 Å². The van der Waals surface area contributed by atoms with Crippen molar-refractivity contribution in [2.24, 2.45) is 0 Å². The van der Waals surface area contributed by atoms with Crippen molar-refractivity contribution >= 4 is 34.9 Å². The monoisotopic (exact) mass is 367 g/mol. The van der Waals surface area contributed by atoms with Crippen molar-refractivity contribution in [1.29, 1.82) is 0 Å². The maximum absolute atomic E-state index is 11.8. The molecule has 2 aromatic rings. The van der Waals surface area contributed by atoms with Gasteiger partial charge in [0.25, 0.3) is 5.91 Å². The van der Waals surface area contributed by atoms with E-state index in [0.29, 0.717) is 33.5 Å². The van der Waals surface area contributed by atoms with Gasteiger partial charge in [-0.2, -0.15) is 0 Å². The minimum atomic E-state index is -0.875. The Morgan fingerprint density at radius 2 is 1.96 bits per heavy atom. The van der Waals surface area contributed by atoms with E-state index in [4.69, 9.17) is 23.2 Å². The maximum atomic E-state index is 11.8. The third-order valence-corrected chi connectivity index (χ3v) is 4.03. The third-order valence-electron chi connectivity index (χ3n) is 3.37. The molecule has 7 heteroatoms. The summed E-state index contributed by atoms with van der Waals surface area (Å²) < 4.78 is 0. The normalized spacial score (nSPS) is 11.8. The van der Waals surface area contributed by atoms with E-state index in [9.17, 15) is 9.90 Å². The molecule has 0 spiro atoms. The van der Waals surface area contributed by atoms with Crippen LogP contribution in [0.2, 0.25) is 10.0 Å². The van der Waals surface area contributed by atoms with Crippen LogP contribution in [0.5, 0.6) is 0 Å². The standard InChI is InChI=1S/C17H19Cl2N3O2/c1-2-8-20-17(24)11-6-7-15(21-9-11)22-10-14(23)16-12(18)4-3-5-13(16)19/h3-7,9,14,23H,2,8,10H2,1H3,(H,20,24)(H,21,22). The van der Waals surface area contributed by atoms with Crippen molar-refractivity contribution in [3.63, 3.8) is 0 Å². The number of pyridine rings is 1. The molecule has 0 aliphatic rings. The van der Waals surface area contributed by atoms with Gasteiger partial charge in [0.15, 0.2) is 0 Å². The molecule has 0 saturated carbocycles. The summed E-state index contributed by atoms with van der Waals surface area (Å²) in [6.45, 7) is 2.81. The second-order valence-electron chi connectivity index (χ2n) is 5.22. The Hall–Kier alpha value is -1.82. The number of aliphatic hydroxyl groups is 1. The van der Waals surface area contributed by atoms with Crippen LogP contribution in [0.3, 0.4) is 0 Å². The second-order valence-corrected chi connectivity index (χ2v) is 6.03. The highest BCUT2D eigenvalue weighted by molar-refractivity contribution is 6.36. The van der Waals surface area contributed by atoms with Gasteiger partial charge in [-0.15, -0.1) is 0 Å². The lowest BCUT2D eigenvalue weighted by atomic mass is 10.1. The summed E-state index contributed by atoms with van der Waals surface area (Å²) in [6, 6.07) is 8.43. The first-order valence-corrected chi connectivity index (χ1v) is 8.38. The van der Waals surface area contributed by atoms with Gasteiger partial charge in [-0.05, 0) is 30.7 Å². The molecule has 0 saturated heterocycles. The Balaban J connectivity index is 1.96. The molecule has 1 atom stereocenters. The average molecular weight is 368 g/mol. The van der Waals surface area contributed by atoms with Crippen molar-refractivity contribution in [1.82, 2.24) is 10.3 Å². The average Bonchev–Trinajstić information content (AvgIpc) is 2.58. The van der Waals surface area contributed by atoms with E-state index in [2.05, 4.69) is 15.6 Å². The van der Waals surface area contributed by atoms with Gasteiger partial charge in [0, 0.05) is 34.9 Å². The van der Waals surface area contributed by atoms with Crippen LogP contribution < -0.4 is 10.6 Å². The molecule has 128 valence electrons. The zero-order valence-electron chi connectivity index (χ0n) is 13.2. The molecular formula is C17H19Cl2N3O2. The summed E-state index contributed by atoms with van der Waals surface area (Å²) in [5.41, 5.74) is 0.965. The van der Waals surface area contributed by atoms with E-state index in [1.807, 2.05) is 6.92 Å². The number of carbonyl (C=O) groups excluding carboxylic acids is 1. The number of nitrogens with one attached hydrogen (secondary N) is 2. The van der Waals surface area contributed by atoms with E-state index in [-0.39, 0.29) is 12.5 Å². The van der Waals surface area contributed by atoms with Crippen LogP contribution in [0, 0.1) is 0 Å². The fourth-order valence-corrected chi connectivity index (χ4v) is 2.76. The summed E-state index contributed by atoms with van der Waals surface area (Å²) in [4.78, 5) is 16.0. The molecule has 1 heterocycles. The van der Waals surface area contributed by atoms with Gasteiger partial charge in [0.1, 0.15) is 5.82 Å². The van der Waals surface area contributed by atoms with Gasteiger partial charge in [-0.1, -0.05) is 36.2 Å². The lowest BCUT2D eigenvalue weighted by Gasteiger charge is -2.15. The molecular weight excluding hydrogens is 349 g/mol. The molecule has 1 amide bonds. The quantitative estimate of drug-likeness (QED) is 0.697. The Labute approximate surface area is 151 Å². The zero-order valence-corrected chi connectivity index (χ0v) is 14.7. The summed E-state index contributed by atoms with van der Waals surface area (Å²) in [5.74, 6) is 0.392. The largest absolute Gasteiger partial charge is 0.386 e. The van der Waals surface area contributed by atoms with E-state index in [1.54, 1.807) is 30.3 Å². The van der Waals surface area contributed by atoms with Gasteiger partial charge in [0.05, 0.1) is 11.7 Å². The van der Waals surface area contributed by atoms with E-state index >= 15 is 0 Å². The molecule has 2 rings (SSSR count). The third kappa shape index (κ3) is 4.84. The van der Waals surface area contributed by atoms with Crippen LogP contribution in [-0.4, -0.2) is 29.1 Å². The first-order chi connectivity index (χ1) is 11.5. The molecule has 1 aromatic carbocycles. The Kier molecular flexibility index (Phi) is 6.85. The molecule has 0 aliphatic heterocycles. The Morgan fingerprint density at radius 1 is 1.25 bits per heavy atom. The smallest absolute Gasteiger partial charge is 0.252 e. The SMILES string of the molecule is CCCNC(=O)c1ccc(NCC(O)c2c(Cl)cccc2Cl)nc1. The van der Waals surface area contributed by atoms with Crippen LogP contribution in [-0.2, 0) is 0 Å². The minimum Gasteiger partial charge on any atom is -0.386 e. The number of halogens is 2. The van der Waals surface area contributed by atoms with Gasteiger partial charge >= 0.3 is 0 Å². The number of aromatic nitrogens is 1. The number of carbonyl (C=O) groups is 1. The van der Waals surface area contributed by atoms with E-state index in [0.717, 1.165) is 6.42 Å². The topological polar surface area (TPSA) is 74.2 Å². The minimum absolute atomic E-state index is 0.154. The lowest BCUT2D eigenvalue weighted by Crippen LogP contribution is -2.24. The van der Waals surface area contributed by atoms with Crippen LogP contribution in [0.15, 0.2) is 36.5 Å². The maximum Gasteiger partial charge on any atom is 0.252 e. The van der Waals surface area contributed by atoms with Crippen molar-refractivity contribution in [2.45, 2.75) is 19.4 Å². The Bertz CT molecular complexity index is 672. The fourth-order valence-electron chi connectivity index (χ4n) is 2.11. The van der Waals surface area contributed by atoms with Crippen molar-refractivity contribution in [2.75, 3.05) is 18.4 Å². The second kappa shape index (κ2) is 8.87. The highest BCUT2D eigenvalue weighted by atomic mass is 35.5. The molecule has 24 heavy (non-hydrogen) atoms. The lowest BCUT2D eigenvalue weighted by molar-refractivity contribution is 0.0953. The molecule has 5 nitrogen and oxygen atoms in total. The molecule has 1 unspecified atom stereocenters. The number of hydrogen-bond acceptors (Lipinski definition) is 4. The van der Waals surface area contributed by atoms with Gasteiger partial charge in [-0.3, -0.25) is 4.79 Å². The number of hydrogen-bond donors (Lipinski definition) is 3. The van der Waals surface area contributed by atoms with E-state index < -0.39 is 6.10 Å². The highest BCUT2D eigenvalue weighted by Crippen LogP contribution is 2.30. The van der Waals surface area contributed by atoms with Crippen molar-refractivity contribution in [3.8, 4) is 0 Å². The first kappa shape index (κ1) is 18.5. The molecule has 1 aromatic heterocycles. The summed E-state index contributed by atoms with van der Waals surface area (Å²) in [6.07, 6.45) is 1.49. The first-order valence-electron chi connectivity index (χ1n) is 7.63. The summed E-state index contributed by atoms with van der Waals surface area (Å²) in [7, 11) is 0. The number of nitrogens with zero attached hydrogens (tertiary/aromatic N) is 1. The number of anilines is 1. The zero-order chi connectivity index (χ0) is 17.5. The molecule has 0 fully saturated rings. The summed E-state index contributed by atoms with van der Waals surface area (Å²) in [5, 5.41) is 16.9. The molecule has 0 bridgehead atoms. The van der Waals surface area contributed by atoms with Crippen molar-refractivity contribution in [3.05, 3.63) is 57.7 Å². The Morgan fingerprint density at radius 3 is 2.54 bits per heavy atom. The predicted octanol–water partition coefficient (Wildman–Crippen LogP) is 3.67. The number of rotatable bonds is 7. The highest BCUT2D eigenvalue weighted by Gasteiger charge is 2.15. The predicted molar refractivity (Wildman–Crippen MR) is 96.8 cm³/mol. The molecule has 0 aliphatic carbocycles. The number of amides is 1. The molecule has 0 radical (unpaired) electrons. The number of aliphatic hydroxyl groups excluding tert-OH is 1. The summed E-state index contributed by atoms with van der Waals surface area (Å²) >= 11 is 12.1. The van der Waals surface area contributed by atoms with Gasteiger partial charge < -0.3 is 15.7 Å². The fraction of sp³-hybridized carbons (Fsp3) is 0.294. The van der Waals surface area contributed by atoms with Crippen LogP contribution in [0.1, 0.15) is 35.4 Å². The van der Waals surface area contributed by atoms with Crippen LogP contribution >= 0.6 is 23.2 Å². The van der Waals surface area contributed by atoms with Crippen LogP contribution in [0.4, 0.5) is 5.82 Å². The van der Waals surface area contributed by atoms with Gasteiger partial charge in [-0.25, -0.2) is 4.98 Å². The van der Waals surface area contributed by atoms with E-state index in [1.165, 1.54) is 6.20 Å². The van der Waals surface area contributed by atoms with Crippen molar-refractivity contribution < 1.29 is 9.90 Å². The van der Waals surface area contributed by atoms with Gasteiger partial charge in [0.2, 0.25) is 0 Å². The molecule has 3 N–H and O–H groups in total.